The molecule has 0 spiro atoms. The van der Waals surface area contributed by atoms with E-state index in [-0.39, 0.29) is 33.4 Å². The van der Waals surface area contributed by atoms with Gasteiger partial charge in [-0.3, -0.25) is 9.59 Å². The van der Waals surface area contributed by atoms with Crippen molar-refractivity contribution in [3.05, 3.63) is 58.1 Å². The highest BCUT2D eigenvalue weighted by Gasteiger charge is 2.46. The number of benzene rings is 2. The number of hydrogen-bond donors (Lipinski definition) is 2. The number of phenols is 1. The van der Waals surface area contributed by atoms with Crippen LogP contribution in [0.3, 0.4) is 0 Å². The Kier molecular flexibility index (Phi) is 8.45. The molecule has 0 aliphatic carbocycles. The Morgan fingerprint density at radius 3 is 2.44 bits per heavy atom. The van der Waals surface area contributed by atoms with Gasteiger partial charge in [-0.05, 0) is 56.2 Å². The molecule has 1 saturated heterocycles. The lowest BCUT2D eigenvalue weighted by molar-refractivity contribution is -0.139. The largest absolute Gasteiger partial charge is 0.507 e. The molecule has 1 atom stereocenters. The van der Waals surface area contributed by atoms with Crippen LogP contribution in [0, 0.1) is 0 Å². The van der Waals surface area contributed by atoms with Crippen molar-refractivity contribution in [1.29, 1.82) is 0 Å². The molecule has 0 bridgehead atoms. The van der Waals surface area contributed by atoms with Crippen LogP contribution in [0.2, 0.25) is 5.02 Å². The average molecular weight is 488 g/mol. The van der Waals surface area contributed by atoms with Crippen molar-refractivity contribution in [2.45, 2.75) is 46.1 Å². The highest BCUT2D eigenvalue weighted by atomic mass is 35.5. The van der Waals surface area contributed by atoms with Crippen molar-refractivity contribution in [3.63, 3.8) is 0 Å². The number of ether oxygens (including phenoxy) is 2. The minimum absolute atomic E-state index is 0.0546. The Balaban J connectivity index is 2.19. The van der Waals surface area contributed by atoms with Gasteiger partial charge in [0.15, 0.2) is 11.5 Å². The van der Waals surface area contributed by atoms with E-state index < -0.39 is 17.7 Å². The summed E-state index contributed by atoms with van der Waals surface area (Å²) in [6.07, 6.45) is 2.54. The lowest BCUT2D eigenvalue weighted by Crippen LogP contribution is -2.30. The zero-order chi connectivity index (χ0) is 24.8. The van der Waals surface area contributed by atoms with Crippen molar-refractivity contribution in [1.82, 2.24) is 4.90 Å². The molecule has 8 heteroatoms. The summed E-state index contributed by atoms with van der Waals surface area (Å²) in [7, 11) is 0. The van der Waals surface area contributed by atoms with E-state index in [0.717, 1.165) is 12.8 Å². The quantitative estimate of drug-likeness (QED) is 0.200. The highest BCUT2D eigenvalue weighted by Crippen LogP contribution is 2.43. The molecular weight excluding hydrogens is 458 g/mol. The Hall–Kier alpha value is -3.19. The topological polar surface area (TPSA) is 96.3 Å². The number of Topliss-reactive ketones (excluding diaryl/α,β-unsaturated/α-hetero) is 1. The summed E-state index contributed by atoms with van der Waals surface area (Å²) in [5.74, 6) is -1.20. The molecule has 34 heavy (non-hydrogen) atoms. The van der Waals surface area contributed by atoms with E-state index in [1.807, 2.05) is 13.8 Å². The van der Waals surface area contributed by atoms with E-state index in [9.17, 15) is 19.8 Å². The number of carbonyl (C=O) groups is 2. The molecule has 1 amide bonds. The van der Waals surface area contributed by atoms with E-state index in [0.29, 0.717) is 37.5 Å². The fraction of sp³-hybridized carbons (Fsp3) is 0.385. The number of phenolic OH excluding ortho intramolecular Hbond substituents is 1. The number of aromatic hydroxyl groups is 1. The lowest BCUT2D eigenvalue weighted by atomic mass is 9.94. The molecule has 1 aliphatic rings. The van der Waals surface area contributed by atoms with Crippen LogP contribution >= 0.6 is 11.6 Å². The van der Waals surface area contributed by atoms with E-state index in [2.05, 4.69) is 0 Å². The second-order valence-electron chi connectivity index (χ2n) is 7.93. The molecule has 2 N–H and O–H groups in total. The SMILES string of the molecule is CCCCCN1C(=O)C(=O)/C(=C(/O)c2cc(OCC)ccc2Cl)C1c1ccc(O)c(OCC)c1. The minimum Gasteiger partial charge on any atom is -0.507 e. The number of unbranched alkanes of at least 4 members (excludes halogenated alkanes) is 2. The van der Waals surface area contributed by atoms with E-state index in [4.69, 9.17) is 21.1 Å². The molecule has 0 saturated carbocycles. The number of aliphatic hydroxyl groups excluding tert-OH is 1. The van der Waals surface area contributed by atoms with Gasteiger partial charge in [0, 0.05) is 12.1 Å². The Labute approximate surface area is 204 Å². The monoisotopic (exact) mass is 487 g/mol. The molecule has 3 rings (SSSR count). The predicted octanol–water partition coefficient (Wildman–Crippen LogP) is 5.45. The Morgan fingerprint density at radius 1 is 1.03 bits per heavy atom. The van der Waals surface area contributed by atoms with E-state index in [1.54, 1.807) is 37.3 Å². The minimum atomic E-state index is -0.858. The number of halogens is 1. The van der Waals surface area contributed by atoms with Gasteiger partial charge in [-0.15, -0.1) is 0 Å². The maximum absolute atomic E-state index is 13.2. The smallest absolute Gasteiger partial charge is 0.295 e. The summed E-state index contributed by atoms with van der Waals surface area (Å²) < 4.78 is 11.0. The Morgan fingerprint density at radius 2 is 1.76 bits per heavy atom. The van der Waals surface area contributed by atoms with E-state index in [1.165, 1.54) is 11.0 Å². The van der Waals surface area contributed by atoms with Crippen molar-refractivity contribution in [2.24, 2.45) is 0 Å². The third-order valence-electron chi connectivity index (χ3n) is 5.65. The van der Waals surface area contributed by atoms with Crippen LogP contribution in [0.15, 0.2) is 42.0 Å². The molecule has 1 fully saturated rings. The van der Waals surface area contributed by atoms with Gasteiger partial charge in [-0.2, -0.15) is 0 Å². The number of hydrogen-bond acceptors (Lipinski definition) is 6. The molecule has 1 aliphatic heterocycles. The van der Waals surface area contributed by atoms with Gasteiger partial charge < -0.3 is 24.6 Å². The second-order valence-corrected chi connectivity index (χ2v) is 8.34. The van der Waals surface area contributed by atoms with Gasteiger partial charge in [0.05, 0.1) is 29.9 Å². The van der Waals surface area contributed by atoms with Crippen molar-refractivity contribution in [2.75, 3.05) is 19.8 Å². The maximum Gasteiger partial charge on any atom is 0.295 e. The summed E-state index contributed by atoms with van der Waals surface area (Å²) in [5.41, 5.74) is 0.675. The summed E-state index contributed by atoms with van der Waals surface area (Å²) in [6, 6.07) is 8.59. The third-order valence-corrected chi connectivity index (χ3v) is 5.98. The van der Waals surface area contributed by atoms with Crippen LogP contribution in [0.25, 0.3) is 5.76 Å². The first kappa shape index (κ1) is 25.4. The number of carbonyl (C=O) groups excluding carboxylic acids is 2. The number of rotatable bonds is 10. The molecule has 0 radical (unpaired) electrons. The number of nitrogens with zero attached hydrogens (tertiary/aromatic N) is 1. The zero-order valence-corrected chi connectivity index (χ0v) is 20.4. The first-order chi connectivity index (χ1) is 16.3. The number of aliphatic hydroxyl groups is 1. The first-order valence-electron chi connectivity index (χ1n) is 11.5. The molecule has 0 aromatic heterocycles. The zero-order valence-electron chi connectivity index (χ0n) is 19.6. The summed E-state index contributed by atoms with van der Waals surface area (Å²) in [6.45, 7) is 6.75. The van der Waals surface area contributed by atoms with Gasteiger partial charge in [-0.25, -0.2) is 0 Å². The standard InChI is InChI=1S/C26H30ClNO6/c1-4-7-8-13-28-23(16-9-12-20(29)21(14-16)34-6-3)22(25(31)26(28)32)24(30)18-15-17(33-5-2)10-11-19(18)27/h9-12,14-15,23,29-30H,4-8,13H2,1-3H3/b24-22+. The fourth-order valence-electron chi connectivity index (χ4n) is 4.05. The summed E-state index contributed by atoms with van der Waals surface area (Å²) >= 11 is 6.36. The van der Waals surface area contributed by atoms with Crippen LogP contribution in [-0.4, -0.2) is 46.6 Å². The molecule has 2 aromatic rings. The number of likely N-dealkylation sites (tertiary alicyclic amines) is 1. The van der Waals surface area contributed by atoms with Crippen molar-refractivity contribution < 1.29 is 29.3 Å². The van der Waals surface area contributed by atoms with Gasteiger partial charge >= 0.3 is 0 Å². The second kappa shape index (κ2) is 11.3. The average Bonchev–Trinajstić information content (AvgIpc) is 3.07. The Bertz CT molecular complexity index is 1100. The maximum atomic E-state index is 13.2. The summed E-state index contributed by atoms with van der Waals surface area (Å²) in [4.78, 5) is 27.7. The summed E-state index contributed by atoms with van der Waals surface area (Å²) in [5, 5.41) is 21.7. The molecule has 7 nitrogen and oxygen atoms in total. The van der Waals surface area contributed by atoms with Crippen LogP contribution in [0.4, 0.5) is 0 Å². The van der Waals surface area contributed by atoms with Crippen LogP contribution in [0.1, 0.15) is 57.2 Å². The van der Waals surface area contributed by atoms with Gasteiger partial charge in [0.2, 0.25) is 0 Å². The van der Waals surface area contributed by atoms with Gasteiger partial charge in [-0.1, -0.05) is 37.4 Å². The normalized spacial score (nSPS) is 17.3. The molecule has 2 aromatic carbocycles. The van der Waals surface area contributed by atoms with Gasteiger partial charge in [0.1, 0.15) is 11.5 Å². The molecular formula is C26H30ClNO6. The first-order valence-corrected chi connectivity index (χ1v) is 11.9. The molecule has 1 heterocycles. The third kappa shape index (κ3) is 5.14. The van der Waals surface area contributed by atoms with Gasteiger partial charge in [0.25, 0.3) is 11.7 Å². The molecule has 1 unspecified atom stereocenters. The predicted molar refractivity (Wildman–Crippen MR) is 130 cm³/mol. The van der Waals surface area contributed by atoms with Crippen LogP contribution in [0.5, 0.6) is 17.2 Å². The van der Waals surface area contributed by atoms with Crippen molar-refractivity contribution >= 4 is 29.1 Å². The van der Waals surface area contributed by atoms with Crippen molar-refractivity contribution in [3.8, 4) is 17.2 Å². The van der Waals surface area contributed by atoms with Crippen LogP contribution < -0.4 is 9.47 Å². The van der Waals surface area contributed by atoms with Crippen LogP contribution in [-0.2, 0) is 9.59 Å². The fourth-order valence-corrected chi connectivity index (χ4v) is 4.26. The molecule has 182 valence electrons. The lowest BCUT2D eigenvalue weighted by Gasteiger charge is -2.26. The van der Waals surface area contributed by atoms with E-state index >= 15 is 0 Å². The number of ketones is 1. The highest BCUT2D eigenvalue weighted by molar-refractivity contribution is 6.47. The number of amides is 1.